The van der Waals surface area contributed by atoms with Gasteiger partial charge in [-0.1, -0.05) is 32.4 Å². The summed E-state index contributed by atoms with van der Waals surface area (Å²) in [6, 6.07) is 1.46. The molecule has 0 aromatic heterocycles. The summed E-state index contributed by atoms with van der Waals surface area (Å²) in [5.74, 6) is -3.69. The molecule has 184 valence electrons. The van der Waals surface area contributed by atoms with E-state index >= 15 is 0 Å². The molecule has 3 amide bonds. The number of aliphatic hydroxyl groups excluding tert-OH is 1. The molecule has 0 radical (unpaired) electrons. The predicted molar refractivity (Wildman–Crippen MR) is 120 cm³/mol. The predicted octanol–water partition coefficient (Wildman–Crippen LogP) is -0.752. The van der Waals surface area contributed by atoms with Gasteiger partial charge in [0.25, 0.3) is 0 Å². The lowest BCUT2D eigenvalue weighted by Crippen LogP contribution is -2.60. The van der Waals surface area contributed by atoms with Crippen molar-refractivity contribution in [3.63, 3.8) is 0 Å². The zero-order valence-corrected chi connectivity index (χ0v) is 19.2. The highest BCUT2D eigenvalue weighted by Gasteiger charge is 2.33. The second-order valence-corrected chi connectivity index (χ2v) is 8.14. The average Bonchev–Trinajstić information content (AvgIpc) is 2.75. The number of hydrogen-bond donors (Lipinski definition) is 7. The minimum atomic E-state index is -1.39. The average molecular weight is 467 g/mol. The molecule has 0 spiro atoms. The summed E-state index contributed by atoms with van der Waals surface area (Å²) in [6.07, 6.45) is -0.665. The van der Waals surface area contributed by atoms with Gasteiger partial charge in [-0.05, 0) is 43.9 Å². The van der Waals surface area contributed by atoms with Crippen molar-refractivity contribution in [1.29, 1.82) is 0 Å². The van der Waals surface area contributed by atoms with E-state index in [0.717, 1.165) is 0 Å². The number of aliphatic hydroxyl groups is 1. The Morgan fingerprint density at radius 3 is 1.91 bits per heavy atom. The Kier molecular flexibility index (Phi) is 10.8. The third-order valence-electron chi connectivity index (χ3n) is 5.31. The van der Waals surface area contributed by atoms with Crippen LogP contribution in [-0.2, 0) is 25.6 Å². The van der Waals surface area contributed by atoms with E-state index in [2.05, 4.69) is 16.0 Å². The van der Waals surface area contributed by atoms with E-state index < -0.39 is 54.0 Å². The molecule has 1 aromatic rings. The van der Waals surface area contributed by atoms with Crippen LogP contribution in [0.25, 0.3) is 0 Å². The molecule has 0 aliphatic heterocycles. The smallest absolute Gasteiger partial charge is 0.325 e. The molecule has 0 fully saturated rings. The number of carboxylic acids is 1. The van der Waals surface area contributed by atoms with Crippen LogP contribution in [0.2, 0.25) is 0 Å². The molecule has 1 rings (SSSR count). The number of carbonyl (C=O) groups is 4. The first-order valence-corrected chi connectivity index (χ1v) is 10.7. The molecule has 0 bridgehead atoms. The first-order chi connectivity index (χ1) is 15.4. The van der Waals surface area contributed by atoms with Crippen molar-refractivity contribution in [2.24, 2.45) is 11.7 Å². The summed E-state index contributed by atoms with van der Waals surface area (Å²) < 4.78 is 0. The molecule has 0 aliphatic rings. The number of carbonyl (C=O) groups excluding carboxylic acids is 3. The number of nitrogens with one attached hydrogen (secondary N) is 3. The second-order valence-electron chi connectivity index (χ2n) is 8.14. The molecule has 33 heavy (non-hydrogen) atoms. The lowest BCUT2D eigenvalue weighted by Gasteiger charge is -2.28. The Bertz CT molecular complexity index is 829. The molecule has 6 atom stereocenters. The van der Waals surface area contributed by atoms with E-state index in [0.29, 0.717) is 12.0 Å². The first kappa shape index (κ1) is 27.9. The Labute approximate surface area is 192 Å². The number of hydrogen-bond acceptors (Lipinski definition) is 7. The van der Waals surface area contributed by atoms with Crippen LogP contribution in [0.3, 0.4) is 0 Å². The summed E-state index contributed by atoms with van der Waals surface area (Å²) in [5.41, 5.74) is 6.62. The monoisotopic (exact) mass is 466 g/mol. The molecular formula is C22H34N4O7. The van der Waals surface area contributed by atoms with Gasteiger partial charge in [-0.15, -0.1) is 0 Å². The molecule has 1 aromatic carbocycles. The number of aliphatic carboxylic acids is 1. The van der Waals surface area contributed by atoms with Crippen molar-refractivity contribution in [3.05, 3.63) is 29.8 Å². The molecule has 0 saturated carbocycles. The Morgan fingerprint density at radius 2 is 1.42 bits per heavy atom. The molecule has 0 saturated heterocycles. The van der Waals surface area contributed by atoms with Gasteiger partial charge in [-0.2, -0.15) is 0 Å². The Balaban J connectivity index is 2.89. The number of nitrogens with two attached hydrogens (primary N) is 1. The van der Waals surface area contributed by atoms with Gasteiger partial charge < -0.3 is 37.0 Å². The van der Waals surface area contributed by atoms with Gasteiger partial charge in [0.2, 0.25) is 17.7 Å². The second kappa shape index (κ2) is 12.8. The molecule has 6 unspecified atom stereocenters. The largest absolute Gasteiger partial charge is 0.508 e. The van der Waals surface area contributed by atoms with E-state index in [1.165, 1.54) is 26.0 Å². The van der Waals surface area contributed by atoms with E-state index in [9.17, 15) is 29.4 Å². The number of amides is 3. The van der Waals surface area contributed by atoms with Crippen LogP contribution in [0.4, 0.5) is 0 Å². The standard InChI is InChI=1S/C22H34N4O7/c1-5-11(2)17(20(30)24-12(3)22(32)33)25-21(31)18(13(4)27)26-19(29)16(23)10-14-6-8-15(28)9-7-14/h6-9,11-13,16-18,27-28H,5,10,23H2,1-4H3,(H,24,30)(H,25,31)(H,26,29)(H,32,33). The fraction of sp³-hybridized carbons (Fsp3) is 0.545. The van der Waals surface area contributed by atoms with Crippen LogP contribution in [0.5, 0.6) is 5.75 Å². The quantitative estimate of drug-likeness (QED) is 0.209. The minimum Gasteiger partial charge on any atom is -0.508 e. The van der Waals surface area contributed by atoms with Crippen molar-refractivity contribution < 1.29 is 34.5 Å². The number of phenolic OH excluding ortho intramolecular Hbond substituents is 1. The maximum atomic E-state index is 12.8. The number of carboxylic acid groups (broad SMARTS) is 1. The first-order valence-electron chi connectivity index (χ1n) is 10.7. The maximum Gasteiger partial charge on any atom is 0.325 e. The summed E-state index contributed by atoms with van der Waals surface area (Å²) in [5, 5.41) is 35.7. The number of phenols is 1. The summed E-state index contributed by atoms with van der Waals surface area (Å²) >= 11 is 0. The molecule has 8 N–H and O–H groups in total. The van der Waals surface area contributed by atoms with Crippen molar-refractivity contribution in [2.45, 2.75) is 70.8 Å². The van der Waals surface area contributed by atoms with E-state index in [4.69, 9.17) is 10.8 Å². The maximum absolute atomic E-state index is 12.8. The van der Waals surface area contributed by atoms with Gasteiger partial charge in [0.15, 0.2) is 0 Å². The highest BCUT2D eigenvalue weighted by Crippen LogP contribution is 2.12. The van der Waals surface area contributed by atoms with E-state index in [1.807, 2.05) is 0 Å². The Hall–Kier alpha value is -3.18. The lowest BCUT2D eigenvalue weighted by atomic mass is 9.97. The van der Waals surface area contributed by atoms with Crippen LogP contribution < -0.4 is 21.7 Å². The van der Waals surface area contributed by atoms with E-state index in [-0.39, 0.29) is 18.1 Å². The molecular weight excluding hydrogens is 432 g/mol. The minimum absolute atomic E-state index is 0.0697. The van der Waals surface area contributed by atoms with Gasteiger partial charge in [-0.25, -0.2) is 0 Å². The summed E-state index contributed by atoms with van der Waals surface area (Å²) in [7, 11) is 0. The van der Waals surface area contributed by atoms with Crippen LogP contribution >= 0.6 is 0 Å². The third-order valence-corrected chi connectivity index (χ3v) is 5.31. The third kappa shape index (κ3) is 8.70. The van der Waals surface area contributed by atoms with Crippen molar-refractivity contribution in [1.82, 2.24) is 16.0 Å². The van der Waals surface area contributed by atoms with Crippen LogP contribution in [-0.4, -0.2) is 69.3 Å². The highest BCUT2D eigenvalue weighted by molar-refractivity contribution is 5.94. The van der Waals surface area contributed by atoms with Gasteiger partial charge in [0, 0.05) is 0 Å². The van der Waals surface area contributed by atoms with Crippen LogP contribution in [0, 0.1) is 5.92 Å². The SMILES string of the molecule is CCC(C)C(NC(=O)C(NC(=O)C(N)Cc1ccc(O)cc1)C(C)O)C(=O)NC(C)C(=O)O. The zero-order chi connectivity index (χ0) is 25.3. The van der Waals surface area contributed by atoms with Gasteiger partial charge in [0.05, 0.1) is 12.1 Å². The fourth-order valence-corrected chi connectivity index (χ4v) is 2.95. The molecule has 11 heteroatoms. The van der Waals surface area contributed by atoms with E-state index in [1.54, 1.807) is 26.0 Å². The fourth-order valence-electron chi connectivity index (χ4n) is 2.95. The Morgan fingerprint density at radius 1 is 0.909 bits per heavy atom. The summed E-state index contributed by atoms with van der Waals surface area (Å²) in [4.78, 5) is 49.0. The van der Waals surface area contributed by atoms with Crippen LogP contribution in [0.1, 0.15) is 39.7 Å². The zero-order valence-electron chi connectivity index (χ0n) is 19.2. The van der Waals surface area contributed by atoms with Gasteiger partial charge in [0.1, 0.15) is 23.9 Å². The molecule has 11 nitrogen and oxygen atoms in total. The molecule has 0 heterocycles. The lowest BCUT2D eigenvalue weighted by molar-refractivity contribution is -0.142. The number of rotatable bonds is 12. The normalized spacial score (nSPS) is 16.4. The highest BCUT2D eigenvalue weighted by atomic mass is 16.4. The van der Waals surface area contributed by atoms with Crippen molar-refractivity contribution in [3.8, 4) is 5.75 Å². The van der Waals surface area contributed by atoms with Crippen LogP contribution in [0.15, 0.2) is 24.3 Å². The van der Waals surface area contributed by atoms with Gasteiger partial charge in [-0.3, -0.25) is 19.2 Å². The molecule has 0 aliphatic carbocycles. The van der Waals surface area contributed by atoms with Crippen molar-refractivity contribution >= 4 is 23.7 Å². The van der Waals surface area contributed by atoms with Crippen molar-refractivity contribution in [2.75, 3.05) is 0 Å². The van der Waals surface area contributed by atoms with Gasteiger partial charge >= 0.3 is 5.97 Å². The number of benzene rings is 1. The number of aromatic hydroxyl groups is 1. The summed E-state index contributed by atoms with van der Waals surface area (Å²) in [6.45, 7) is 6.11. The topological polar surface area (TPSA) is 191 Å².